The van der Waals surface area contributed by atoms with Gasteiger partial charge in [-0.1, -0.05) is 13.8 Å². The van der Waals surface area contributed by atoms with Gasteiger partial charge in [-0.2, -0.15) is 9.57 Å². The van der Waals surface area contributed by atoms with Crippen LogP contribution in [0.3, 0.4) is 0 Å². The van der Waals surface area contributed by atoms with Gasteiger partial charge in [-0.25, -0.2) is 8.42 Å². The van der Waals surface area contributed by atoms with Gasteiger partial charge >= 0.3 is 0 Å². The molecule has 0 aliphatic carbocycles. The zero-order valence-corrected chi connectivity index (χ0v) is 19.5. The predicted molar refractivity (Wildman–Crippen MR) is 117 cm³/mol. The van der Waals surface area contributed by atoms with Crippen molar-refractivity contribution in [2.45, 2.75) is 50.8 Å². The normalized spacial score (nSPS) is 24.7. The highest BCUT2D eigenvalue weighted by Gasteiger charge is 2.33. The molecule has 2 fully saturated rings. The van der Waals surface area contributed by atoms with Gasteiger partial charge in [-0.3, -0.25) is 9.69 Å². The average Bonchev–Trinajstić information content (AvgIpc) is 2.73. The minimum absolute atomic E-state index is 0.115. The van der Waals surface area contributed by atoms with Crippen molar-refractivity contribution in [3.8, 4) is 6.07 Å². The van der Waals surface area contributed by atoms with Gasteiger partial charge in [-0.15, -0.1) is 0 Å². The number of carbonyl (C=O) groups is 1. The first-order valence-electron chi connectivity index (χ1n) is 10.8. The van der Waals surface area contributed by atoms with Crippen LogP contribution in [0.15, 0.2) is 29.2 Å². The quantitative estimate of drug-likeness (QED) is 0.682. The van der Waals surface area contributed by atoms with E-state index in [2.05, 4.69) is 11.0 Å². The molecular weight excluding hydrogens is 416 g/mol. The molecule has 1 aromatic rings. The summed E-state index contributed by atoms with van der Waals surface area (Å²) in [5, 5.41) is 9.38. The fourth-order valence-electron chi connectivity index (χ4n) is 4.28. The number of morpholine rings is 1. The van der Waals surface area contributed by atoms with E-state index in [1.54, 1.807) is 17.0 Å². The number of benzene rings is 1. The van der Waals surface area contributed by atoms with Gasteiger partial charge < -0.3 is 9.64 Å². The smallest absolute Gasteiger partial charge is 0.253 e. The minimum atomic E-state index is -3.63. The largest absolute Gasteiger partial charge is 0.373 e. The molecule has 8 nitrogen and oxygen atoms in total. The van der Waals surface area contributed by atoms with Crippen molar-refractivity contribution in [1.82, 2.24) is 14.1 Å². The van der Waals surface area contributed by atoms with Crippen LogP contribution in [0.2, 0.25) is 0 Å². The monoisotopic (exact) mass is 448 g/mol. The molecule has 2 aliphatic heterocycles. The van der Waals surface area contributed by atoms with E-state index in [4.69, 9.17) is 4.74 Å². The van der Waals surface area contributed by atoms with Crippen LogP contribution < -0.4 is 0 Å². The Morgan fingerprint density at radius 3 is 2.10 bits per heavy atom. The van der Waals surface area contributed by atoms with E-state index in [0.717, 1.165) is 0 Å². The van der Waals surface area contributed by atoms with Crippen LogP contribution in [-0.2, 0) is 14.8 Å². The Kier molecular flexibility index (Phi) is 7.37. The lowest BCUT2D eigenvalue weighted by molar-refractivity contribution is -0.0440. The first kappa shape index (κ1) is 23.7. The number of sulfonamides is 1. The third-order valence-electron chi connectivity index (χ3n) is 5.88. The Labute approximate surface area is 185 Å². The van der Waals surface area contributed by atoms with Crippen molar-refractivity contribution < 1.29 is 17.9 Å². The molecule has 1 amide bonds. The van der Waals surface area contributed by atoms with E-state index in [1.807, 2.05) is 27.7 Å². The highest BCUT2D eigenvalue weighted by molar-refractivity contribution is 7.89. The van der Waals surface area contributed by atoms with Crippen LogP contribution in [0.5, 0.6) is 0 Å². The Bertz CT molecular complexity index is 908. The molecule has 2 heterocycles. The Morgan fingerprint density at radius 1 is 1.06 bits per heavy atom. The Hall–Kier alpha value is -1.99. The number of hydrogen-bond acceptors (Lipinski definition) is 6. The van der Waals surface area contributed by atoms with E-state index in [1.165, 1.54) is 16.4 Å². The molecule has 9 heteroatoms. The number of hydrogen-bond donors (Lipinski definition) is 0. The van der Waals surface area contributed by atoms with Crippen LogP contribution in [-0.4, -0.2) is 85.9 Å². The van der Waals surface area contributed by atoms with Gasteiger partial charge in [0, 0.05) is 44.8 Å². The molecule has 3 unspecified atom stereocenters. The highest BCUT2D eigenvalue weighted by Crippen LogP contribution is 2.22. The maximum absolute atomic E-state index is 13.0. The number of rotatable bonds is 5. The summed E-state index contributed by atoms with van der Waals surface area (Å²) >= 11 is 0. The SMILES string of the molecule is CC1CN(S(=O)(=O)c2ccc(C(=O)N3CCN(C(C#N)C(C)C)CC3)cc2)CC(C)O1. The summed E-state index contributed by atoms with van der Waals surface area (Å²) in [7, 11) is -3.63. The van der Waals surface area contributed by atoms with Gasteiger partial charge in [0.15, 0.2) is 0 Å². The minimum Gasteiger partial charge on any atom is -0.373 e. The zero-order valence-electron chi connectivity index (χ0n) is 18.7. The molecule has 0 saturated carbocycles. The van der Waals surface area contributed by atoms with Crippen LogP contribution in [0.1, 0.15) is 38.1 Å². The van der Waals surface area contributed by atoms with Crippen molar-refractivity contribution in [1.29, 1.82) is 5.26 Å². The summed E-state index contributed by atoms with van der Waals surface area (Å²) in [6, 6.07) is 8.39. The number of nitrogens with zero attached hydrogens (tertiary/aromatic N) is 4. The predicted octanol–water partition coefficient (Wildman–Crippen LogP) is 1.79. The van der Waals surface area contributed by atoms with Crippen LogP contribution in [0.25, 0.3) is 0 Å². The van der Waals surface area contributed by atoms with Crippen LogP contribution in [0, 0.1) is 17.2 Å². The number of nitriles is 1. The lowest BCUT2D eigenvalue weighted by Gasteiger charge is -2.38. The fourth-order valence-corrected chi connectivity index (χ4v) is 5.87. The fraction of sp³-hybridized carbons (Fsp3) is 0.636. The molecule has 3 atom stereocenters. The number of carbonyl (C=O) groups excluding carboxylic acids is 1. The summed E-state index contributed by atoms with van der Waals surface area (Å²) in [4.78, 5) is 17.0. The first-order chi connectivity index (χ1) is 14.6. The maximum Gasteiger partial charge on any atom is 0.253 e. The molecule has 3 rings (SSSR count). The molecule has 2 aliphatic rings. The van der Waals surface area contributed by atoms with Gasteiger partial charge in [0.05, 0.1) is 23.2 Å². The molecule has 0 aromatic heterocycles. The first-order valence-corrected chi connectivity index (χ1v) is 12.3. The second kappa shape index (κ2) is 9.65. The molecule has 2 saturated heterocycles. The number of amides is 1. The van der Waals surface area contributed by atoms with E-state index in [9.17, 15) is 18.5 Å². The standard InChI is InChI=1S/C22H32N4O4S/c1-16(2)21(13-23)24-9-11-25(12-10-24)22(27)19-5-7-20(8-6-19)31(28,29)26-14-17(3)30-18(4)15-26/h5-8,16-18,21H,9-12,14-15H2,1-4H3. The van der Waals surface area contributed by atoms with Gasteiger partial charge in [0.1, 0.15) is 6.04 Å². The molecule has 0 bridgehead atoms. The van der Waals surface area contributed by atoms with Gasteiger partial charge in [0.25, 0.3) is 5.91 Å². The second-order valence-electron chi connectivity index (χ2n) is 8.75. The molecule has 0 spiro atoms. The topological polar surface area (TPSA) is 94.0 Å². The van der Waals surface area contributed by atoms with E-state index in [0.29, 0.717) is 44.8 Å². The maximum atomic E-state index is 13.0. The Morgan fingerprint density at radius 2 is 1.61 bits per heavy atom. The van der Waals surface area contributed by atoms with E-state index in [-0.39, 0.29) is 35.0 Å². The lowest BCUT2D eigenvalue weighted by atomic mass is 10.0. The Balaban J connectivity index is 1.65. The third-order valence-corrected chi connectivity index (χ3v) is 7.73. The van der Waals surface area contributed by atoms with E-state index >= 15 is 0 Å². The third kappa shape index (κ3) is 5.26. The van der Waals surface area contributed by atoms with Crippen LogP contribution >= 0.6 is 0 Å². The molecule has 0 radical (unpaired) electrons. The average molecular weight is 449 g/mol. The summed E-state index contributed by atoms with van der Waals surface area (Å²) in [5.74, 6) is 0.120. The molecule has 31 heavy (non-hydrogen) atoms. The number of piperazine rings is 1. The van der Waals surface area contributed by atoms with Crippen LogP contribution in [0.4, 0.5) is 0 Å². The zero-order chi connectivity index (χ0) is 22.8. The van der Waals surface area contributed by atoms with Crippen molar-refractivity contribution >= 4 is 15.9 Å². The summed E-state index contributed by atoms with van der Waals surface area (Å²) in [6.07, 6.45) is -0.316. The lowest BCUT2D eigenvalue weighted by Crippen LogP contribution is -2.52. The number of ether oxygens (including phenoxy) is 1. The van der Waals surface area contributed by atoms with Gasteiger partial charge in [0.2, 0.25) is 10.0 Å². The molecule has 0 N–H and O–H groups in total. The highest BCUT2D eigenvalue weighted by atomic mass is 32.2. The van der Waals surface area contributed by atoms with Crippen molar-refractivity contribution in [3.63, 3.8) is 0 Å². The van der Waals surface area contributed by atoms with Crippen molar-refractivity contribution in [3.05, 3.63) is 29.8 Å². The molecule has 1 aromatic carbocycles. The van der Waals surface area contributed by atoms with Crippen molar-refractivity contribution in [2.24, 2.45) is 5.92 Å². The summed E-state index contributed by atoms with van der Waals surface area (Å²) in [6.45, 7) is 10.8. The van der Waals surface area contributed by atoms with Gasteiger partial charge in [-0.05, 0) is 44.0 Å². The van der Waals surface area contributed by atoms with E-state index < -0.39 is 10.0 Å². The second-order valence-corrected chi connectivity index (χ2v) is 10.7. The van der Waals surface area contributed by atoms with Crippen molar-refractivity contribution in [2.75, 3.05) is 39.3 Å². The summed E-state index contributed by atoms with van der Waals surface area (Å²) in [5.41, 5.74) is 0.469. The molecular formula is C22H32N4O4S. The summed E-state index contributed by atoms with van der Waals surface area (Å²) < 4.78 is 33.1. The molecule has 170 valence electrons.